The fourth-order valence-corrected chi connectivity index (χ4v) is 3.79. The largest absolute Gasteiger partial charge is 0.378 e. The van der Waals surface area contributed by atoms with Crippen molar-refractivity contribution >= 4 is 22.4 Å². The van der Waals surface area contributed by atoms with Crippen LogP contribution >= 0.6 is 11.3 Å². The topological polar surface area (TPSA) is 71.7 Å². The van der Waals surface area contributed by atoms with E-state index in [9.17, 15) is 4.79 Å². The van der Waals surface area contributed by atoms with Crippen LogP contribution in [0.5, 0.6) is 0 Å². The number of morpholine rings is 1. The van der Waals surface area contributed by atoms with E-state index in [1.54, 1.807) is 0 Å². The number of likely N-dealkylation sites (tertiary alicyclic amines) is 1. The highest BCUT2D eigenvalue weighted by atomic mass is 32.1. The molecule has 0 aliphatic carbocycles. The Morgan fingerprint density at radius 3 is 2.95 bits per heavy atom. The number of hydrogen-bond donors (Lipinski definition) is 1. The van der Waals surface area contributed by atoms with Crippen molar-refractivity contribution in [1.29, 1.82) is 0 Å². The lowest BCUT2D eigenvalue weighted by Gasteiger charge is -2.36. The molecule has 21 heavy (non-hydrogen) atoms. The monoisotopic (exact) mass is 310 g/mol. The number of ether oxygens (including phenoxy) is 1. The Hall–Kier alpha value is -1.18. The van der Waals surface area contributed by atoms with Crippen molar-refractivity contribution in [1.82, 2.24) is 14.8 Å². The Bertz CT molecular complexity index is 487. The van der Waals surface area contributed by atoms with E-state index in [0.717, 1.165) is 45.6 Å². The summed E-state index contributed by atoms with van der Waals surface area (Å²) in [5.41, 5.74) is 5.67. The van der Waals surface area contributed by atoms with Gasteiger partial charge in [-0.3, -0.25) is 9.69 Å². The molecule has 1 amide bonds. The maximum atomic E-state index is 12.6. The van der Waals surface area contributed by atoms with E-state index in [2.05, 4.69) is 9.88 Å². The second-order valence-electron chi connectivity index (χ2n) is 5.68. The zero-order chi connectivity index (χ0) is 14.7. The van der Waals surface area contributed by atoms with Crippen LogP contribution in [0.3, 0.4) is 0 Å². The van der Waals surface area contributed by atoms with Crippen molar-refractivity contribution in [2.24, 2.45) is 5.92 Å². The molecule has 1 aromatic rings. The molecule has 2 fully saturated rings. The van der Waals surface area contributed by atoms with Crippen LogP contribution in [-0.4, -0.2) is 60.1 Å². The number of anilines is 1. The minimum Gasteiger partial charge on any atom is -0.378 e. The number of amides is 1. The van der Waals surface area contributed by atoms with Gasteiger partial charge in [0, 0.05) is 37.3 Å². The molecule has 1 atom stereocenters. The quantitative estimate of drug-likeness (QED) is 0.894. The molecule has 1 aromatic heterocycles. The summed E-state index contributed by atoms with van der Waals surface area (Å²) in [7, 11) is 0. The second-order valence-corrected chi connectivity index (χ2v) is 6.82. The van der Waals surface area contributed by atoms with Crippen molar-refractivity contribution in [3.05, 3.63) is 11.1 Å². The summed E-state index contributed by atoms with van der Waals surface area (Å²) >= 11 is 1.53. The van der Waals surface area contributed by atoms with Crippen molar-refractivity contribution in [2.45, 2.75) is 19.4 Å². The Kier molecular flexibility index (Phi) is 4.72. The average molecular weight is 310 g/mol. The lowest BCUT2D eigenvalue weighted by atomic mass is 9.96. The van der Waals surface area contributed by atoms with E-state index < -0.39 is 0 Å². The number of carbonyl (C=O) groups is 1. The Morgan fingerprint density at radius 2 is 2.24 bits per heavy atom. The van der Waals surface area contributed by atoms with Crippen LogP contribution in [0.2, 0.25) is 0 Å². The van der Waals surface area contributed by atoms with Gasteiger partial charge in [-0.1, -0.05) is 0 Å². The summed E-state index contributed by atoms with van der Waals surface area (Å²) in [6.07, 6.45) is 3.92. The highest BCUT2D eigenvalue weighted by Gasteiger charge is 2.30. The van der Waals surface area contributed by atoms with Gasteiger partial charge in [0.25, 0.3) is 0 Å². The maximum Gasteiger partial charge on any atom is 0.227 e. The van der Waals surface area contributed by atoms with Gasteiger partial charge in [-0.25, -0.2) is 4.98 Å². The van der Waals surface area contributed by atoms with Crippen molar-refractivity contribution in [3.8, 4) is 0 Å². The minimum absolute atomic E-state index is 0.127. The lowest BCUT2D eigenvalue weighted by molar-refractivity contribution is -0.141. The van der Waals surface area contributed by atoms with E-state index in [4.69, 9.17) is 10.5 Å². The van der Waals surface area contributed by atoms with Gasteiger partial charge >= 0.3 is 0 Å². The lowest BCUT2D eigenvalue weighted by Crippen LogP contribution is -2.48. The Labute approximate surface area is 128 Å². The fourth-order valence-electron chi connectivity index (χ4n) is 3.06. The number of hydrogen-bond acceptors (Lipinski definition) is 6. The van der Waals surface area contributed by atoms with E-state index >= 15 is 0 Å². The number of nitrogens with zero attached hydrogens (tertiary/aromatic N) is 3. The maximum absolute atomic E-state index is 12.6. The summed E-state index contributed by atoms with van der Waals surface area (Å²) in [6, 6.07) is 0. The molecule has 2 aliphatic heterocycles. The molecule has 2 aliphatic rings. The molecular weight excluding hydrogens is 288 g/mol. The van der Waals surface area contributed by atoms with Crippen LogP contribution < -0.4 is 5.73 Å². The van der Waals surface area contributed by atoms with E-state index in [1.165, 1.54) is 16.2 Å². The van der Waals surface area contributed by atoms with Gasteiger partial charge in [-0.15, -0.1) is 11.3 Å². The third-order valence-electron chi connectivity index (χ3n) is 4.13. The summed E-state index contributed by atoms with van der Waals surface area (Å²) in [5, 5.41) is 0.614. The normalized spacial score (nSPS) is 24.2. The zero-order valence-electron chi connectivity index (χ0n) is 12.2. The number of carbonyl (C=O) groups excluding carboxylic acids is 1. The minimum atomic E-state index is 0.127. The second kappa shape index (κ2) is 6.72. The first kappa shape index (κ1) is 14.7. The molecule has 6 nitrogen and oxygen atoms in total. The molecule has 116 valence electrons. The van der Waals surface area contributed by atoms with Gasteiger partial charge in [-0.05, 0) is 19.4 Å². The first-order valence-corrected chi connectivity index (χ1v) is 8.33. The molecule has 0 bridgehead atoms. The molecule has 2 saturated heterocycles. The number of nitrogen functional groups attached to an aromatic ring is 1. The van der Waals surface area contributed by atoms with Crippen molar-refractivity contribution in [3.63, 3.8) is 0 Å². The van der Waals surface area contributed by atoms with Gasteiger partial charge in [0.15, 0.2) is 5.13 Å². The number of aromatic nitrogens is 1. The molecule has 0 spiro atoms. The Balaban J connectivity index is 1.56. The molecule has 1 unspecified atom stereocenters. The molecule has 0 aromatic carbocycles. The molecule has 0 saturated carbocycles. The van der Waals surface area contributed by atoms with Crippen LogP contribution in [0.1, 0.15) is 17.7 Å². The number of rotatable bonds is 3. The summed E-state index contributed by atoms with van der Waals surface area (Å²) in [5.74, 6) is 0.425. The first-order valence-electron chi connectivity index (χ1n) is 7.51. The zero-order valence-corrected chi connectivity index (χ0v) is 13.0. The standard InChI is InChI=1S/C14H22N4O2S/c15-14-16-8-12(21-14)10-17-3-1-2-11(9-17)13(19)18-4-6-20-7-5-18/h8,11H,1-7,9-10H2,(H2,15,16). The van der Waals surface area contributed by atoms with Crippen LogP contribution in [0.25, 0.3) is 0 Å². The van der Waals surface area contributed by atoms with E-state index in [-0.39, 0.29) is 5.92 Å². The van der Waals surface area contributed by atoms with Gasteiger partial charge in [0.1, 0.15) is 0 Å². The molecule has 0 radical (unpaired) electrons. The molecule has 3 rings (SSSR count). The molecular formula is C14H22N4O2S. The fraction of sp³-hybridized carbons (Fsp3) is 0.714. The van der Waals surface area contributed by atoms with Gasteiger partial charge in [0.2, 0.25) is 5.91 Å². The van der Waals surface area contributed by atoms with Crippen LogP contribution in [-0.2, 0) is 16.1 Å². The first-order chi connectivity index (χ1) is 10.2. The average Bonchev–Trinajstić information content (AvgIpc) is 2.93. The van der Waals surface area contributed by atoms with Crippen molar-refractivity contribution < 1.29 is 9.53 Å². The van der Waals surface area contributed by atoms with Gasteiger partial charge < -0.3 is 15.4 Å². The highest BCUT2D eigenvalue weighted by Crippen LogP contribution is 2.23. The smallest absolute Gasteiger partial charge is 0.227 e. The number of thiazole rings is 1. The third-order valence-corrected chi connectivity index (χ3v) is 4.94. The van der Waals surface area contributed by atoms with Gasteiger partial charge in [0.05, 0.1) is 19.1 Å². The Morgan fingerprint density at radius 1 is 1.43 bits per heavy atom. The highest BCUT2D eigenvalue weighted by molar-refractivity contribution is 7.15. The predicted octanol–water partition coefficient (Wildman–Crippen LogP) is 0.796. The number of piperidine rings is 1. The van der Waals surface area contributed by atoms with Crippen molar-refractivity contribution in [2.75, 3.05) is 45.1 Å². The molecule has 7 heteroatoms. The predicted molar refractivity (Wildman–Crippen MR) is 81.9 cm³/mol. The van der Waals surface area contributed by atoms with Gasteiger partial charge in [-0.2, -0.15) is 0 Å². The summed E-state index contributed by atoms with van der Waals surface area (Å²) in [4.78, 5) is 22.1. The summed E-state index contributed by atoms with van der Waals surface area (Å²) in [6.45, 7) is 5.55. The number of nitrogens with two attached hydrogens (primary N) is 1. The van der Waals surface area contributed by atoms with Crippen LogP contribution in [0.15, 0.2) is 6.20 Å². The SMILES string of the molecule is Nc1ncc(CN2CCCC(C(=O)N3CCOCC3)C2)s1. The molecule has 2 N–H and O–H groups in total. The van der Waals surface area contributed by atoms with E-state index in [1.807, 2.05) is 11.1 Å². The third kappa shape index (κ3) is 3.72. The van der Waals surface area contributed by atoms with E-state index in [0.29, 0.717) is 24.3 Å². The summed E-state index contributed by atoms with van der Waals surface area (Å²) < 4.78 is 5.32. The molecule has 3 heterocycles. The van der Waals surface area contributed by atoms with Crippen LogP contribution in [0, 0.1) is 5.92 Å². The van der Waals surface area contributed by atoms with Crippen LogP contribution in [0.4, 0.5) is 5.13 Å².